The van der Waals surface area contributed by atoms with Crippen LogP contribution in [0.2, 0.25) is 0 Å². The van der Waals surface area contributed by atoms with Gasteiger partial charge in [-0.3, -0.25) is 4.79 Å². The van der Waals surface area contributed by atoms with E-state index in [2.05, 4.69) is 18.9 Å². The number of methoxy groups -OCH3 is 1. The fourth-order valence-corrected chi connectivity index (χ4v) is 2.81. The van der Waals surface area contributed by atoms with E-state index in [1.807, 2.05) is 31.3 Å². The van der Waals surface area contributed by atoms with Crippen molar-refractivity contribution in [3.63, 3.8) is 0 Å². The molecule has 1 heterocycles. The molecule has 0 aromatic heterocycles. The van der Waals surface area contributed by atoms with Gasteiger partial charge in [0, 0.05) is 25.1 Å². The normalized spacial score (nSPS) is 20.6. The van der Waals surface area contributed by atoms with Crippen molar-refractivity contribution in [1.29, 1.82) is 0 Å². The Balaban J connectivity index is 2.28. The zero-order valence-corrected chi connectivity index (χ0v) is 15.3. The largest absolute Gasteiger partial charge is 0.493 e. The quantitative estimate of drug-likeness (QED) is 0.766. The number of benzene rings is 1. The van der Waals surface area contributed by atoms with Gasteiger partial charge in [-0.05, 0) is 30.5 Å². The first-order valence-electron chi connectivity index (χ1n) is 8.56. The molecule has 0 aliphatic carbocycles. The topological polar surface area (TPSA) is 51.1 Å². The molecular weight excluding hydrogens is 304 g/mol. The summed E-state index contributed by atoms with van der Waals surface area (Å²) < 4.78 is 11.5. The highest BCUT2D eigenvalue weighted by molar-refractivity contribution is 5.89. The van der Waals surface area contributed by atoms with E-state index in [-0.39, 0.29) is 5.91 Å². The number of ether oxygens (including phenoxy) is 2. The standard InChI is InChI=1S/C19H28N2O3/c1-6-14(7-2)12-24-17-10-15(8-9-16(17)23-5)19(3)11-18(22)21(4)20-13-19/h8-10,13-14H,6-7,11-12H2,1-5H3. The lowest BCUT2D eigenvalue weighted by molar-refractivity contribution is -0.131. The molecule has 0 fully saturated rings. The molecule has 0 saturated carbocycles. The number of hydrazone groups is 1. The number of nitrogens with zero attached hydrogens (tertiary/aromatic N) is 2. The van der Waals surface area contributed by atoms with Gasteiger partial charge >= 0.3 is 0 Å². The Morgan fingerprint density at radius 2 is 2.00 bits per heavy atom. The average Bonchev–Trinajstić information content (AvgIpc) is 2.59. The molecule has 132 valence electrons. The molecule has 2 rings (SSSR count). The van der Waals surface area contributed by atoms with Crippen LogP contribution in [0.3, 0.4) is 0 Å². The molecule has 1 unspecified atom stereocenters. The van der Waals surface area contributed by atoms with Crippen molar-refractivity contribution in [3.8, 4) is 11.5 Å². The first-order chi connectivity index (χ1) is 11.4. The van der Waals surface area contributed by atoms with E-state index in [9.17, 15) is 4.79 Å². The molecule has 1 aromatic carbocycles. The third kappa shape index (κ3) is 3.89. The molecule has 0 saturated heterocycles. The molecule has 0 bridgehead atoms. The minimum atomic E-state index is -0.428. The van der Waals surface area contributed by atoms with Gasteiger partial charge in [-0.25, -0.2) is 5.01 Å². The molecule has 0 spiro atoms. The van der Waals surface area contributed by atoms with E-state index < -0.39 is 5.41 Å². The van der Waals surface area contributed by atoms with Gasteiger partial charge in [0.2, 0.25) is 5.91 Å². The maximum absolute atomic E-state index is 12.0. The summed E-state index contributed by atoms with van der Waals surface area (Å²) in [7, 11) is 3.32. The van der Waals surface area contributed by atoms with Gasteiger partial charge in [0.25, 0.3) is 0 Å². The summed E-state index contributed by atoms with van der Waals surface area (Å²) >= 11 is 0. The second kappa shape index (κ2) is 7.69. The van der Waals surface area contributed by atoms with E-state index in [1.54, 1.807) is 14.2 Å². The number of carbonyl (C=O) groups is 1. The molecule has 5 nitrogen and oxygen atoms in total. The maximum atomic E-state index is 12.0. The molecule has 1 amide bonds. The van der Waals surface area contributed by atoms with E-state index in [1.165, 1.54) is 5.01 Å². The minimum Gasteiger partial charge on any atom is -0.493 e. The summed E-state index contributed by atoms with van der Waals surface area (Å²) in [5.41, 5.74) is 0.580. The lowest BCUT2D eigenvalue weighted by Gasteiger charge is -2.31. The monoisotopic (exact) mass is 332 g/mol. The van der Waals surface area contributed by atoms with Crippen LogP contribution in [0, 0.1) is 5.92 Å². The van der Waals surface area contributed by atoms with Gasteiger partial charge in [-0.2, -0.15) is 5.10 Å². The van der Waals surface area contributed by atoms with E-state index in [0.717, 1.165) is 24.2 Å². The average molecular weight is 332 g/mol. The number of carbonyl (C=O) groups excluding carboxylic acids is 1. The number of hydrogen-bond donors (Lipinski definition) is 0. The van der Waals surface area contributed by atoms with Crippen LogP contribution in [0.4, 0.5) is 0 Å². The second-order valence-electron chi connectivity index (χ2n) is 6.62. The summed E-state index contributed by atoms with van der Waals surface area (Å²) in [6.45, 7) is 7.03. The first kappa shape index (κ1) is 18.3. The van der Waals surface area contributed by atoms with Crippen molar-refractivity contribution in [1.82, 2.24) is 5.01 Å². The number of amides is 1. The molecule has 1 aliphatic heterocycles. The Labute approximate surface area is 144 Å². The molecular formula is C19H28N2O3. The smallest absolute Gasteiger partial charge is 0.243 e. The highest BCUT2D eigenvalue weighted by atomic mass is 16.5. The Kier molecular flexibility index (Phi) is 5.86. The summed E-state index contributed by atoms with van der Waals surface area (Å²) in [4.78, 5) is 12.0. The first-order valence-corrected chi connectivity index (χ1v) is 8.56. The molecule has 0 N–H and O–H groups in total. The Morgan fingerprint density at radius 3 is 2.58 bits per heavy atom. The Hall–Kier alpha value is -2.04. The van der Waals surface area contributed by atoms with Gasteiger partial charge in [0.15, 0.2) is 11.5 Å². The summed E-state index contributed by atoms with van der Waals surface area (Å²) in [6.07, 6.45) is 4.40. The number of hydrogen-bond acceptors (Lipinski definition) is 4. The maximum Gasteiger partial charge on any atom is 0.243 e. The van der Waals surface area contributed by atoms with Crippen molar-refractivity contribution in [2.75, 3.05) is 20.8 Å². The van der Waals surface area contributed by atoms with Gasteiger partial charge in [-0.1, -0.05) is 32.8 Å². The third-order valence-corrected chi connectivity index (χ3v) is 4.85. The van der Waals surface area contributed by atoms with Crippen LogP contribution in [0.5, 0.6) is 11.5 Å². The van der Waals surface area contributed by atoms with Gasteiger partial charge in [0.05, 0.1) is 13.7 Å². The van der Waals surface area contributed by atoms with Crippen molar-refractivity contribution < 1.29 is 14.3 Å². The summed E-state index contributed by atoms with van der Waals surface area (Å²) in [6, 6.07) is 5.86. The zero-order chi connectivity index (χ0) is 17.7. The molecule has 1 aromatic rings. The van der Waals surface area contributed by atoms with Crippen molar-refractivity contribution in [2.45, 2.75) is 45.4 Å². The number of rotatable bonds is 7. The fourth-order valence-electron chi connectivity index (χ4n) is 2.81. The van der Waals surface area contributed by atoms with E-state index >= 15 is 0 Å². The van der Waals surface area contributed by atoms with Crippen LogP contribution < -0.4 is 9.47 Å². The van der Waals surface area contributed by atoms with Gasteiger partial charge in [-0.15, -0.1) is 0 Å². The fraction of sp³-hybridized carbons (Fsp3) is 0.579. The van der Waals surface area contributed by atoms with Crippen LogP contribution in [-0.4, -0.2) is 37.9 Å². The van der Waals surface area contributed by atoms with Crippen LogP contribution in [0.1, 0.15) is 45.6 Å². The molecule has 0 radical (unpaired) electrons. The van der Waals surface area contributed by atoms with Gasteiger partial charge < -0.3 is 9.47 Å². The minimum absolute atomic E-state index is 0.00955. The SMILES string of the molecule is CCC(CC)COc1cc(C2(C)C=NN(C)C(=O)C2)ccc1OC. The highest BCUT2D eigenvalue weighted by Gasteiger charge is 2.33. The lowest BCUT2D eigenvalue weighted by atomic mass is 9.79. The van der Waals surface area contributed by atoms with E-state index in [4.69, 9.17) is 9.47 Å². The van der Waals surface area contributed by atoms with Crippen molar-refractivity contribution in [3.05, 3.63) is 23.8 Å². The molecule has 1 aliphatic rings. The van der Waals surface area contributed by atoms with Gasteiger partial charge in [0.1, 0.15) is 0 Å². The zero-order valence-electron chi connectivity index (χ0n) is 15.3. The van der Waals surface area contributed by atoms with Crippen LogP contribution in [0.25, 0.3) is 0 Å². The van der Waals surface area contributed by atoms with Crippen molar-refractivity contribution >= 4 is 12.1 Å². The molecule has 5 heteroatoms. The summed E-state index contributed by atoms with van der Waals surface area (Å²) in [5, 5.41) is 5.58. The van der Waals surface area contributed by atoms with Crippen LogP contribution >= 0.6 is 0 Å². The van der Waals surface area contributed by atoms with Crippen LogP contribution in [0.15, 0.2) is 23.3 Å². The summed E-state index contributed by atoms with van der Waals surface area (Å²) in [5.74, 6) is 1.98. The lowest BCUT2D eigenvalue weighted by Crippen LogP contribution is -2.38. The Bertz CT molecular complexity index is 611. The second-order valence-corrected chi connectivity index (χ2v) is 6.62. The molecule has 1 atom stereocenters. The molecule has 24 heavy (non-hydrogen) atoms. The highest BCUT2D eigenvalue weighted by Crippen LogP contribution is 2.36. The van der Waals surface area contributed by atoms with E-state index in [0.29, 0.717) is 24.7 Å². The predicted octanol–water partition coefficient (Wildman–Crippen LogP) is 3.62. The predicted molar refractivity (Wildman–Crippen MR) is 95.8 cm³/mol. The Morgan fingerprint density at radius 1 is 1.29 bits per heavy atom. The van der Waals surface area contributed by atoms with Crippen LogP contribution in [-0.2, 0) is 10.2 Å². The van der Waals surface area contributed by atoms with Crippen molar-refractivity contribution in [2.24, 2.45) is 11.0 Å². The third-order valence-electron chi connectivity index (χ3n) is 4.85.